The lowest BCUT2D eigenvalue weighted by atomic mass is 9.93. The zero-order chi connectivity index (χ0) is 19.5. The fraction of sp³-hybridized carbons (Fsp3) is 0.455. The summed E-state index contributed by atoms with van der Waals surface area (Å²) in [6.45, 7) is 4.64. The number of amides is 3. The minimum atomic E-state index is -0.117. The first-order valence-corrected chi connectivity index (χ1v) is 11.0. The van der Waals surface area contributed by atoms with E-state index in [1.165, 1.54) is 11.1 Å². The van der Waals surface area contributed by atoms with Crippen molar-refractivity contribution >= 4 is 29.0 Å². The number of thiophene rings is 1. The molecule has 1 unspecified atom stereocenters. The van der Waals surface area contributed by atoms with E-state index >= 15 is 0 Å². The van der Waals surface area contributed by atoms with Crippen molar-refractivity contribution in [2.24, 2.45) is 5.92 Å². The van der Waals surface area contributed by atoms with Crippen LogP contribution in [-0.2, 0) is 17.8 Å². The van der Waals surface area contributed by atoms with Gasteiger partial charge in [-0.3, -0.25) is 4.79 Å². The topological polar surface area (TPSA) is 52.7 Å². The van der Waals surface area contributed by atoms with E-state index in [0.717, 1.165) is 49.3 Å². The summed E-state index contributed by atoms with van der Waals surface area (Å²) in [4.78, 5) is 30.7. The minimum absolute atomic E-state index is 0.0689. The molecule has 0 aliphatic carbocycles. The third-order valence-electron chi connectivity index (χ3n) is 5.67. The van der Waals surface area contributed by atoms with Gasteiger partial charge >= 0.3 is 6.03 Å². The summed E-state index contributed by atoms with van der Waals surface area (Å²) in [5.74, 6) is 0.0500. The number of hydrogen-bond donors (Lipinski definition) is 1. The number of hydrogen-bond acceptors (Lipinski definition) is 3. The maximum absolute atomic E-state index is 13.3. The average Bonchev–Trinajstić information content (AvgIpc) is 3.24. The fourth-order valence-electron chi connectivity index (χ4n) is 4.23. The number of piperidine rings is 1. The molecule has 148 valence electrons. The van der Waals surface area contributed by atoms with Crippen molar-refractivity contribution in [3.63, 3.8) is 0 Å². The first-order valence-electron chi connectivity index (χ1n) is 10.1. The molecule has 3 amide bonds. The van der Waals surface area contributed by atoms with Crippen LogP contribution in [-0.4, -0.2) is 36.5 Å². The number of benzene rings is 1. The molecule has 1 saturated heterocycles. The highest BCUT2D eigenvalue weighted by Gasteiger charge is 2.33. The van der Waals surface area contributed by atoms with Crippen LogP contribution in [0.4, 0.5) is 10.5 Å². The Kier molecular flexibility index (Phi) is 5.67. The zero-order valence-corrected chi connectivity index (χ0v) is 17.1. The predicted octanol–water partition coefficient (Wildman–Crippen LogP) is 3.96. The smallest absolute Gasteiger partial charge is 0.317 e. The van der Waals surface area contributed by atoms with Crippen molar-refractivity contribution in [2.45, 2.75) is 39.2 Å². The van der Waals surface area contributed by atoms with Gasteiger partial charge in [0.25, 0.3) is 0 Å². The van der Waals surface area contributed by atoms with Gasteiger partial charge in [-0.15, -0.1) is 11.3 Å². The molecule has 1 aromatic carbocycles. The molecule has 5 nitrogen and oxygen atoms in total. The molecular weight excluding hydrogens is 370 g/mol. The van der Waals surface area contributed by atoms with E-state index in [-0.39, 0.29) is 17.9 Å². The van der Waals surface area contributed by atoms with Crippen molar-refractivity contribution in [1.82, 2.24) is 10.2 Å². The van der Waals surface area contributed by atoms with Gasteiger partial charge < -0.3 is 15.1 Å². The number of anilines is 1. The molecule has 0 radical (unpaired) electrons. The third-order valence-corrected chi connectivity index (χ3v) is 6.55. The second kappa shape index (κ2) is 8.35. The quantitative estimate of drug-likeness (QED) is 0.852. The van der Waals surface area contributed by atoms with E-state index in [1.54, 1.807) is 16.2 Å². The second-order valence-electron chi connectivity index (χ2n) is 7.75. The van der Waals surface area contributed by atoms with Crippen LogP contribution in [0.25, 0.3) is 0 Å². The molecule has 4 rings (SSSR count). The van der Waals surface area contributed by atoms with Crippen LogP contribution in [0.2, 0.25) is 0 Å². The van der Waals surface area contributed by atoms with Crippen molar-refractivity contribution < 1.29 is 9.59 Å². The van der Waals surface area contributed by atoms with Gasteiger partial charge in [-0.1, -0.05) is 23.8 Å². The van der Waals surface area contributed by atoms with E-state index in [2.05, 4.69) is 30.4 Å². The lowest BCUT2D eigenvalue weighted by Gasteiger charge is -2.37. The SMILES string of the molecule is Cc1ccc2c(c1)CCCN2C(=O)C1CCCN(C(=O)NCc2cccs2)C1. The molecule has 2 aliphatic rings. The van der Waals surface area contributed by atoms with Gasteiger partial charge in [-0.05, 0) is 55.7 Å². The lowest BCUT2D eigenvalue weighted by Crippen LogP contribution is -2.50. The molecule has 3 heterocycles. The van der Waals surface area contributed by atoms with Crippen LogP contribution >= 0.6 is 11.3 Å². The van der Waals surface area contributed by atoms with E-state index < -0.39 is 0 Å². The summed E-state index contributed by atoms with van der Waals surface area (Å²) in [5, 5.41) is 5.00. The molecule has 1 aromatic heterocycles. The zero-order valence-electron chi connectivity index (χ0n) is 16.3. The van der Waals surface area contributed by atoms with Crippen molar-refractivity contribution in [3.8, 4) is 0 Å². The Morgan fingerprint density at radius 1 is 1.21 bits per heavy atom. The summed E-state index contributed by atoms with van der Waals surface area (Å²) in [6.07, 6.45) is 3.76. The van der Waals surface area contributed by atoms with E-state index in [1.807, 2.05) is 22.4 Å². The van der Waals surface area contributed by atoms with E-state index in [9.17, 15) is 9.59 Å². The summed E-state index contributed by atoms with van der Waals surface area (Å²) < 4.78 is 0. The monoisotopic (exact) mass is 397 g/mol. The molecule has 0 saturated carbocycles. The van der Waals surface area contributed by atoms with Gasteiger partial charge in [0.05, 0.1) is 12.5 Å². The lowest BCUT2D eigenvalue weighted by molar-refractivity contribution is -0.123. The largest absolute Gasteiger partial charge is 0.333 e. The second-order valence-corrected chi connectivity index (χ2v) is 8.78. The number of likely N-dealkylation sites (tertiary alicyclic amines) is 1. The normalized spacial score (nSPS) is 19.2. The summed E-state index contributed by atoms with van der Waals surface area (Å²) in [6, 6.07) is 10.3. The van der Waals surface area contributed by atoms with Crippen molar-refractivity contribution in [1.29, 1.82) is 0 Å². The summed E-state index contributed by atoms with van der Waals surface area (Å²) >= 11 is 1.64. The van der Waals surface area contributed by atoms with Crippen LogP contribution in [0.15, 0.2) is 35.7 Å². The highest BCUT2D eigenvalue weighted by atomic mass is 32.1. The predicted molar refractivity (Wildman–Crippen MR) is 113 cm³/mol. The summed E-state index contributed by atoms with van der Waals surface area (Å²) in [5.41, 5.74) is 3.56. The number of aryl methyl sites for hydroxylation is 2. The van der Waals surface area contributed by atoms with Crippen LogP contribution in [0.5, 0.6) is 0 Å². The van der Waals surface area contributed by atoms with Crippen LogP contribution < -0.4 is 10.2 Å². The van der Waals surface area contributed by atoms with Gasteiger partial charge in [-0.2, -0.15) is 0 Å². The van der Waals surface area contributed by atoms with Crippen LogP contribution in [0.3, 0.4) is 0 Å². The Balaban J connectivity index is 1.40. The fourth-order valence-corrected chi connectivity index (χ4v) is 4.87. The highest BCUT2D eigenvalue weighted by Crippen LogP contribution is 2.31. The molecule has 6 heteroatoms. The van der Waals surface area contributed by atoms with Crippen LogP contribution in [0, 0.1) is 12.8 Å². The average molecular weight is 398 g/mol. The van der Waals surface area contributed by atoms with Gasteiger partial charge in [0, 0.05) is 30.2 Å². The number of rotatable bonds is 3. The maximum atomic E-state index is 13.3. The maximum Gasteiger partial charge on any atom is 0.317 e. The number of carbonyl (C=O) groups excluding carboxylic acids is 2. The Labute approximate surface area is 170 Å². The van der Waals surface area contributed by atoms with Crippen LogP contribution in [0.1, 0.15) is 35.3 Å². The van der Waals surface area contributed by atoms with Gasteiger partial charge in [0.1, 0.15) is 0 Å². The molecule has 2 aliphatic heterocycles. The van der Waals surface area contributed by atoms with Crippen molar-refractivity contribution in [2.75, 3.05) is 24.5 Å². The molecule has 1 N–H and O–H groups in total. The Morgan fingerprint density at radius 2 is 2.11 bits per heavy atom. The molecule has 28 heavy (non-hydrogen) atoms. The molecule has 1 fully saturated rings. The first-order chi connectivity index (χ1) is 13.6. The third kappa shape index (κ3) is 4.07. The standard InChI is InChI=1S/C22H27N3O2S/c1-16-8-9-20-17(13-16)5-3-11-25(20)21(26)18-6-2-10-24(15-18)22(27)23-14-19-7-4-12-28-19/h4,7-9,12-13,18H,2-3,5-6,10-11,14-15H2,1H3,(H,23,27). The van der Waals surface area contributed by atoms with E-state index in [4.69, 9.17) is 0 Å². The Morgan fingerprint density at radius 3 is 2.93 bits per heavy atom. The molecular formula is C22H27N3O2S. The van der Waals surface area contributed by atoms with Gasteiger partial charge in [0.2, 0.25) is 5.91 Å². The molecule has 0 bridgehead atoms. The summed E-state index contributed by atoms with van der Waals surface area (Å²) in [7, 11) is 0. The minimum Gasteiger partial charge on any atom is -0.333 e. The first kappa shape index (κ1) is 19.0. The Bertz CT molecular complexity index is 849. The highest BCUT2D eigenvalue weighted by molar-refractivity contribution is 7.09. The Hall–Kier alpha value is -2.34. The van der Waals surface area contributed by atoms with Crippen molar-refractivity contribution in [3.05, 3.63) is 51.7 Å². The van der Waals surface area contributed by atoms with E-state index in [0.29, 0.717) is 13.1 Å². The molecule has 0 spiro atoms. The number of urea groups is 1. The molecule has 1 atom stereocenters. The van der Waals surface area contributed by atoms with Gasteiger partial charge in [0.15, 0.2) is 0 Å². The van der Waals surface area contributed by atoms with Gasteiger partial charge in [-0.25, -0.2) is 4.79 Å². The number of fused-ring (bicyclic) bond motifs is 1. The number of nitrogens with one attached hydrogen (secondary N) is 1. The number of carbonyl (C=O) groups is 2. The molecule has 2 aromatic rings. The number of nitrogens with zero attached hydrogens (tertiary/aromatic N) is 2.